The average molecular weight is 277 g/mol. The maximum Gasteiger partial charge on any atom is 0.194 e. The standard InChI is InChI=1S/C7H6BrFN4S/c1-13-7(10)4(9)6(11-13)5-3(8)2-14-12-5/h2H,10H2,1H3. The third kappa shape index (κ3) is 1.32. The van der Waals surface area contributed by atoms with Crippen LogP contribution in [-0.4, -0.2) is 14.2 Å². The first-order valence-corrected chi connectivity index (χ1v) is 5.32. The van der Waals surface area contributed by atoms with E-state index >= 15 is 0 Å². The summed E-state index contributed by atoms with van der Waals surface area (Å²) < 4.78 is 19.5. The molecule has 0 saturated carbocycles. The average Bonchev–Trinajstić information content (AvgIpc) is 2.66. The van der Waals surface area contributed by atoms with Gasteiger partial charge in [-0.3, -0.25) is 0 Å². The molecule has 0 aliphatic carbocycles. The highest BCUT2D eigenvalue weighted by Gasteiger charge is 2.19. The van der Waals surface area contributed by atoms with E-state index in [2.05, 4.69) is 25.4 Å². The summed E-state index contributed by atoms with van der Waals surface area (Å²) in [6.45, 7) is 0. The molecule has 0 aromatic carbocycles. The van der Waals surface area contributed by atoms with E-state index in [1.807, 2.05) is 0 Å². The Morgan fingerprint density at radius 3 is 2.71 bits per heavy atom. The molecule has 0 aliphatic heterocycles. The van der Waals surface area contributed by atoms with Gasteiger partial charge in [-0.25, -0.2) is 9.07 Å². The Labute approximate surface area is 91.8 Å². The van der Waals surface area contributed by atoms with Crippen LogP contribution < -0.4 is 5.73 Å². The molecule has 0 radical (unpaired) electrons. The molecule has 0 fully saturated rings. The van der Waals surface area contributed by atoms with Gasteiger partial charge in [0.05, 0.1) is 4.47 Å². The topological polar surface area (TPSA) is 56.7 Å². The number of hydrogen-bond donors (Lipinski definition) is 1. The van der Waals surface area contributed by atoms with Crippen LogP contribution in [0.5, 0.6) is 0 Å². The van der Waals surface area contributed by atoms with Crippen LogP contribution in [0, 0.1) is 5.82 Å². The molecule has 2 rings (SSSR count). The molecule has 2 aromatic heterocycles. The van der Waals surface area contributed by atoms with E-state index in [-0.39, 0.29) is 11.5 Å². The van der Waals surface area contributed by atoms with E-state index in [1.165, 1.54) is 16.2 Å². The number of halogens is 2. The van der Waals surface area contributed by atoms with Gasteiger partial charge in [0, 0.05) is 12.4 Å². The highest BCUT2D eigenvalue weighted by Crippen LogP contribution is 2.31. The van der Waals surface area contributed by atoms with Crippen molar-refractivity contribution < 1.29 is 4.39 Å². The molecule has 2 heterocycles. The van der Waals surface area contributed by atoms with Gasteiger partial charge in [0.25, 0.3) is 0 Å². The Morgan fingerprint density at radius 1 is 1.57 bits per heavy atom. The summed E-state index contributed by atoms with van der Waals surface area (Å²) in [6.07, 6.45) is 0. The zero-order valence-electron chi connectivity index (χ0n) is 7.16. The summed E-state index contributed by atoms with van der Waals surface area (Å²) in [5.74, 6) is -0.515. The summed E-state index contributed by atoms with van der Waals surface area (Å²) >= 11 is 4.49. The molecule has 74 valence electrons. The number of nitrogens with zero attached hydrogens (tertiary/aromatic N) is 3. The number of nitrogen functional groups attached to an aromatic ring is 1. The second kappa shape index (κ2) is 3.32. The molecular weight excluding hydrogens is 271 g/mol. The van der Waals surface area contributed by atoms with E-state index in [9.17, 15) is 4.39 Å². The zero-order valence-corrected chi connectivity index (χ0v) is 9.56. The Kier molecular flexibility index (Phi) is 2.28. The fourth-order valence-corrected chi connectivity index (χ4v) is 2.24. The van der Waals surface area contributed by atoms with Gasteiger partial charge in [0.2, 0.25) is 0 Å². The quantitative estimate of drug-likeness (QED) is 0.867. The van der Waals surface area contributed by atoms with E-state index in [0.717, 1.165) is 4.47 Å². The predicted octanol–water partition coefficient (Wildman–Crippen LogP) is 2.03. The van der Waals surface area contributed by atoms with Crippen molar-refractivity contribution in [3.8, 4) is 11.4 Å². The van der Waals surface area contributed by atoms with Gasteiger partial charge >= 0.3 is 0 Å². The lowest BCUT2D eigenvalue weighted by Crippen LogP contribution is -1.97. The van der Waals surface area contributed by atoms with Crippen LogP contribution in [0.2, 0.25) is 0 Å². The molecule has 0 aliphatic rings. The molecule has 0 saturated heterocycles. The molecule has 14 heavy (non-hydrogen) atoms. The van der Waals surface area contributed by atoms with Crippen molar-refractivity contribution in [3.63, 3.8) is 0 Å². The molecule has 4 nitrogen and oxygen atoms in total. The van der Waals surface area contributed by atoms with E-state index in [0.29, 0.717) is 5.69 Å². The smallest absolute Gasteiger partial charge is 0.194 e. The minimum absolute atomic E-state index is 0.0138. The number of nitrogens with two attached hydrogens (primary N) is 1. The molecule has 0 atom stereocenters. The minimum atomic E-state index is -0.529. The van der Waals surface area contributed by atoms with Gasteiger partial charge in [-0.15, -0.1) is 0 Å². The van der Waals surface area contributed by atoms with Crippen LogP contribution in [0.15, 0.2) is 9.85 Å². The molecule has 2 N–H and O–H groups in total. The van der Waals surface area contributed by atoms with Crippen LogP contribution in [-0.2, 0) is 7.05 Å². The van der Waals surface area contributed by atoms with Crippen molar-refractivity contribution in [2.45, 2.75) is 0 Å². The van der Waals surface area contributed by atoms with Gasteiger partial charge in [-0.1, -0.05) is 0 Å². The summed E-state index contributed by atoms with van der Waals surface area (Å²) in [4.78, 5) is 0. The summed E-state index contributed by atoms with van der Waals surface area (Å²) in [7, 11) is 1.59. The first kappa shape index (κ1) is 9.60. The van der Waals surface area contributed by atoms with Crippen molar-refractivity contribution in [2.24, 2.45) is 7.05 Å². The predicted molar refractivity (Wildman–Crippen MR) is 56.4 cm³/mol. The number of aromatic nitrogens is 3. The van der Waals surface area contributed by atoms with Gasteiger partial charge in [-0.05, 0) is 27.5 Å². The lowest BCUT2D eigenvalue weighted by Gasteiger charge is -1.90. The molecule has 0 spiro atoms. The van der Waals surface area contributed by atoms with Gasteiger partial charge in [-0.2, -0.15) is 9.47 Å². The second-order valence-electron chi connectivity index (χ2n) is 2.68. The summed E-state index contributed by atoms with van der Waals surface area (Å²) in [5.41, 5.74) is 6.11. The van der Waals surface area contributed by atoms with Gasteiger partial charge < -0.3 is 5.73 Å². The molecular formula is C7H6BrFN4S. The molecule has 0 unspecified atom stereocenters. The molecule has 0 amide bonds. The van der Waals surface area contributed by atoms with Crippen molar-refractivity contribution in [1.82, 2.24) is 14.2 Å². The van der Waals surface area contributed by atoms with Crippen molar-refractivity contribution in [1.29, 1.82) is 0 Å². The SMILES string of the molecule is Cn1nc(-c2nscc2Br)c(F)c1N. The molecule has 2 aromatic rings. The third-order valence-electron chi connectivity index (χ3n) is 1.78. The normalized spacial score (nSPS) is 10.8. The Balaban J connectivity index is 2.63. The minimum Gasteiger partial charge on any atom is -0.381 e. The fraction of sp³-hybridized carbons (Fsp3) is 0.143. The van der Waals surface area contributed by atoms with Crippen molar-refractivity contribution >= 4 is 33.3 Å². The lowest BCUT2D eigenvalue weighted by molar-refractivity contribution is 0.633. The summed E-state index contributed by atoms with van der Waals surface area (Å²) in [5, 5.41) is 5.71. The maximum absolute atomic E-state index is 13.5. The fourth-order valence-electron chi connectivity index (χ4n) is 1.04. The van der Waals surface area contributed by atoms with Gasteiger partial charge in [0.15, 0.2) is 17.3 Å². The first-order chi connectivity index (χ1) is 6.61. The summed E-state index contributed by atoms with van der Waals surface area (Å²) in [6, 6.07) is 0. The first-order valence-electron chi connectivity index (χ1n) is 3.69. The molecule has 7 heteroatoms. The number of hydrogen-bond acceptors (Lipinski definition) is 4. The van der Waals surface area contributed by atoms with Gasteiger partial charge in [0.1, 0.15) is 5.69 Å². The number of aryl methyl sites for hydroxylation is 1. The second-order valence-corrected chi connectivity index (χ2v) is 4.17. The Morgan fingerprint density at radius 2 is 2.29 bits per heavy atom. The van der Waals surface area contributed by atoms with Crippen LogP contribution in [0.4, 0.5) is 10.2 Å². The monoisotopic (exact) mass is 276 g/mol. The van der Waals surface area contributed by atoms with Crippen molar-refractivity contribution in [3.05, 3.63) is 15.7 Å². The lowest BCUT2D eigenvalue weighted by atomic mass is 10.3. The Hall–Kier alpha value is -0.950. The van der Waals surface area contributed by atoms with E-state index < -0.39 is 5.82 Å². The van der Waals surface area contributed by atoms with E-state index in [1.54, 1.807) is 12.4 Å². The van der Waals surface area contributed by atoms with Crippen LogP contribution >= 0.6 is 27.5 Å². The number of anilines is 1. The molecule has 0 bridgehead atoms. The Bertz CT molecular complexity index is 478. The maximum atomic E-state index is 13.5. The van der Waals surface area contributed by atoms with Crippen LogP contribution in [0.3, 0.4) is 0 Å². The number of rotatable bonds is 1. The van der Waals surface area contributed by atoms with Crippen LogP contribution in [0.25, 0.3) is 11.4 Å². The van der Waals surface area contributed by atoms with Crippen molar-refractivity contribution in [2.75, 3.05) is 5.73 Å². The highest BCUT2D eigenvalue weighted by atomic mass is 79.9. The van der Waals surface area contributed by atoms with E-state index in [4.69, 9.17) is 5.73 Å². The largest absolute Gasteiger partial charge is 0.381 e. The third-order valence-corrected chi connectivity index (χ3v) is 3.32. The highest BCUT2D eigenvalue weighted by molar-refractivity contribution is 9.10. The zero-order chi connectivity index (χ0) is 10.3. The van der Waals surface area contributed by atoms with Crippen LogP contribution in [0.1, 0.15) is 0 Å².